The summed E-state index contributed by atoms with van der Waals surface area (Å²) in [6.45, 7) is 11.6. The largest absolute Gasteiger partial charge is 0.352 e. The Morgan fingerprint density at radius 1 is 1.21 bits per heavy atom. The van der Waals surface area contributed by atoms with Crippen molar-refractivity contribution in [2.75, 3.05) is 19.6 Å². The Bertz CT molecular complexity index is 580. The first-order valence-corrected chi connectivity index (χ1v) is 10.6. The van der Waals surface area contributed by atoms with Crippen molar-refractivity contribution in [3.05, 3.63) is 22.5 Å². The summed E-state index contributed by atoms with van der Waals surface area (Å²) in [5.41, 5.74) is -0.0595. The number of hydrogen-bond donors (Lipinski definition) is 1. The molecule has 1 aromatic heterocycles. The number of carbonyl (C=O) groups is 1. The molecule has 2 unspecified atom stereocenters. The Hall–Kier alpha value is -1.96. The Morgan fingerprint density at radius 3 is 2.32 bits per heavy atom. The summed E-state index contributed by atoms with van der Waals surface area (Å²) < 4.78 is 1.45. The average Bonchev–Trinajstić information content (AvgIpc) is 3.10. The second-order valence-electron chi connectivity index (χ2n) is 7.70. The molecule has 1 N–H and O–H groups in total. The first-order chi connectivity index (χ1) is 13.4. The van der Waals surface area contributed by atoms with Gasteiger partial charge in [-0.15, -0.1) is 0 Å². The minimum Gasteiger partial charge on any atom is -0.352 e. The zero-order chi connectivity index (χ0) is 20.9. The molecule has 0 bridgehead atoms. The number of amides is 1. The van der Waals surface area contributed by atoms with Gasteiger partial charge in [0, 0.05) is 12.6 Å². The first kappa shape index (κ1) is 24.1. The van der Waals surface area contributed by atoms with E-state index in [1.807, 2.05) is 13.8 Å². The van der Waals surface area contributed by atoms with Crippen LogP contribution in [-0.4, -0.2) is 51.2 Å². The smallest absolute Gasteiger partial charge is 0.306 e. The van der Waals surface area contributed by atoms with Gasteiger partial charge in [0.1, 0.15) is 12.4 Å². The molecule has 0 aliphatic heterocycles. The van der Waals surface area contributed by atoms with Crippen LogP contribution >= 0.6 is 0 Å². The fraction of sp³-hybridized carbons (Fsp3) is 0.800. The van der Waals surface area contributed by atoms with Gasteiger partial charge in [0.05, 0.1) is 17.4 Å². The molecule has 28 heavy (non-hydrogen) atoms. The van der Waals surface area contributed by atoms with Gasteiger partial charge >= 0.3 is 5.69 Å². The number of carbonyl (C=O) groups excluding carboxylic acids is 1. The van der Waals surface area contributed by atoms with Crippen molar-refractivity contribution in [1.82, 2.24) is 20.0 Å². The van der Waals surface area contributed by atoms with Crippen LogP contribution in [0.2, 0.25) is 0 Å². The summed E-state index contributed by atoms with van der Waals surface area (Å²) in [6, 6.07) is 0.0603. The van der Waals surface area contributed by atoms with E-state index in [0.29, 0.717) is 6.54 Å². The fourth-order valence-electron chi connectivity index (χ4n) is 3.19. The predicted molar refractivity (Wildman–Crippen MR) is 111 cm³/mol. The third-order valence-corrected chi connectivity index (χ3v) is 4.82. The molecule has 160 valence electrons. The molecule has 0 aliphatic rings. The molecule has 1 aromatic rings. The van der Waals surface area contributed by atoms with E-state index in [1.165, 1.54) is 55.6 Å². The van der Waals surface area contributed by atoms with E-state index < -0.39 is 4.92 Å². The maximum absolute atomic E-state index is 12.5. The van der Waals surface area contributed by atoms with Crippen LogP contribution in [0.1, 0.15) is 66.2 Å². The monoisotopic (exact) mass is 395 g/mol. The molecule has 2 atom stereocenters. The molecule has 0 aromatic carbocycles. The van der Waals surface area contributed by atoms with Crippen molar-refractivity contribution in [3.63, 3.8) is 0 Å². The average molecular weight is 396 g/mol. The molecule has 0 aliphatic carbocycles. The van der Waals surface area contributed by atoms with E-state index in [1.54, 1.807) is 0 Å². The van der Waals surface area contributed by atoms with Crippen molar-refractivity contribution in [2.45, 2.75) is 78.8 Å². The number of nitro groups is 1. The number of aromatic nitrogens is 2. The quantitative estimate of drug-likeness (QED) is 0.278. The predicted octanol–water partition coefficient (Wildman–Crippen LogP) is 3.61. The van der Waals surface area contributed by atoms with Crippen LogP contribution in [0.25, 0.3) is 0 Å². The van der Waals surface area contributed by atoms with Crippen LogP contribution in [0.5, 0.6) is 0 Å². The van der Waals surface area contributed by atoms with Gasteiger partial charge in [-0.25, -0.2) is 0 Å². The van der Waals surface area contributed by atoms with Crippen LogP contribution in [0, 0.1) is 16.0 Å². The van der Waals surface area contributed by atoms with Gasteiger partial charge < -0.3 is 10.2 Å². The Kier molecular flexibility index (Phi) is 11.4. The highest BCUT2D eigenvalue weighted by Gasteiger charge is 2.19. The summed E-state index contributed by atoms with van der Waals surface area (Å²) in [7, 11) is 0. The number of nitrogens with one attached hydrogen (secondary N) is 1. The van der Waals surface area contributed by atoms with Gasteiger partial charge in [0.2, 0.25) is 5.91 Å². The van der Waals surface area contributed by atoms with Crippen molar-refractivity contribution in [3.8, 4) is 0 Å². The Labute approximate surface area is 168 Å². The third kappa shape index (κ3) is 9.30. The first-order valence-electron chi connectivity index (χ1n) is 10.6. The zero-order valence-electron chi connectivity index (χ0n) is 17.9. The van der Waals surface area contributed by atoms with Gasteiger partial charge in [-0.3, -0.25) is 19.6 Å². The Balaban J connectivity index is 2.48. The lowest BCUT2D eigenvalue weighted by molar-refractivity contribution is -0.385. The molecule has 0 spiro atoms. The minimum absolute atomic E-state index is 0.0484. The summed E-state index contributed by atoms with van der Waals surface area (Å²) in [5.74, 6) is -0.358. The highest BCUT2D eigenvalue weighted by molar-refractivity contribution is 5.78. The van der Waals surface area contributed by atoms with E-state index in [4.69, 9.17) is 0 Å². The van der Waals surface area contributed by atoms with Gasteiger partial charge in [0.25, 0.3) is 0 Å². The third-order valence-electron chi connectivity index (χ3n) is 4.82. The topological polar surface area (TPSA) is 93.3 Å². The molecule has 0 saturated carbocycles. The maximum Gasteiger partial charge on any atom is 0.306 e. The number of nitrogens with zero attached hydrogens (tertiary/aromatic N) is 4. The van der Waals surface area contributed by atoms with Gasteiger partial charge in [-0.1, -0.05) is 46.5 Å². The van der Waals surface area contributed by atoms with Gasteiger partial charge in [0.15, 0.2) is 0 Å². The van der Waals surface area contributed by atoms with E-state index in [-0.39, 0.29) is 23.6 Å². The molecule has 0 fully saturated rings. The van der Waals surface area contributed by atoms with Crippen molar-refractivity contribution in [2.24, 2.45) is 5.92 Å². The lowest BCUT2D eigenvalue weighted by Gasteiger charge is -2.27. The molecule has 1 amide bonds. The normalized spacial score (nSPS) is 13.5. The summed E-state index contributed by atoms with van der Waals surface area (Å²) in [5, 5.41) is 17.8. The summed E-state index contributed by atoms with van der Waals surface area (Å²) in [6.07, 6.45) is 9.83. The molecular weight excluding hydrogens is 358 g/mol. The number of hydrogen-bond acceptors (Lipinski definition) is 5. The second kappa shape index (κ2) is 13.3. The van der Waals surface area contributed by atoms with E-state index in [0.717, 1.165) is 19.6 Å². The second-order valence-corrected chi connectivity index (χ2v) is 7.70. The molecule has 1 heterocycles. The van der Waals surface area contributed by atoms with E-state index in [2.05, 4.69) is 29.2 Å². The summed E-state index contributed by atoms with van der Waals surface area (Å²) >= 11 is 0. The van der Waals surface area contributed by atoms with Crippen LogP contribution < -0.4 is 5.32 Å². The zero-order valence-corrected chi connectivity index (χ0v) is 17.9. The minimum atomic E-state index is -0.484. The van der Waals surface area contributed by atoms with Crippen LogP contribution in [0.3, 0.4) is 0 Å². The molecule has 8 heteroatoms. The number of unbranched alkanes of at least 4 members (excludes halogenated alkanes) is 4. The lowest BCUT2D eigenvalue weighted by atomic mass is 10.1. The molecule has 0 radical (unpaired) electrons. The van der Waals surface area contributed by atoms with Crippen molar-refractivity contribution < 1.29 is 9.72 Å². The molecule has 0 saturated heterocycles. The SMILES string of the molecule is CCCCCN(CCCCC)CC(C)NC(=O)C(C)Cn1cc([N+](=O)[O-])cn1. The Morgan fingerprint density at radius 2 is 1.82 bits per heavy atom. The van der Waals surface area contributed by atoms with Crippen LogP contribution in [0.15, 0.2) is 12.4 Å². The highest BCUT2D eigenvalue weighted by atomic mass is 16.6. The van der Waals surface area contributed by atoms with Crippen molar-refractivity contribution in [1.29, 1.82) is 0 Å². The van der Waals surface area contributed by atoms with E-state index in [9.17, 15) is 14.9 Å². The lowest BCUT2D eigenvalue weighted by Crippen LogP contribution is -2.45. The van der Waals surface area contributed by atoms with Crippen LogP contribution in [-0.2, 0) is 11.3 Å². The van der Waals surface area contributed by atoms with E-state index >= 15 is 0 Å². The highest BCUT2D eigenvalue weighted by Crippen LogP contribution is 2.10. The molecular formula is C20H37N5O3. The fourth-order valence-corrected chi connectivity index (χ4v) is 3.19. The van der Waals surface area contributed by atoms with Gasteiger partial charge in [-0.2, -0.15) is 5.10 Å². The number of rotatable bonds is 15. The maximum atomic E-state index is 12.5. The van der Waals surface area contributed by atoms with Gasteiger partial charge in [-0.05, 0) is 32.9 Å². The van der Waals surface area contributed by atoms with Crippen LogP contribution in [0.4, 0.5) is 5.69 Å². The molecule has 8 nitrogen and oxygen atoms in total. The molecule has 1 rings (SSSR count). The van der Waals surface area contributed by atoms with Crippen molar-refractivity contribution >= 4 is 11.6 Å². The summed E-state index contributed by atoms with van der Waals surface area (Å²) in [4.78, 5) is 25.2. The standard InChI is InChI=1S/C20H37N5O3/c1-5-7-9-11-23(12-10-8-6-2)15-18(4)22-20(26)17(3)14-24-16-19(13-21-24)25(27)28/h13,16-18H,5-12,14-15H2,1-4H3,(H,22,26).